The number of methoxy groups -OCH3 is 1. The van der Waals surface area contributed by atoms with Gasteiger partial charge < -0.3 is 4.74 Å². The molecule has 2 fully saturated rings. The topological polar surface area (TPSA) is 46.6 Å². The Morgan fingerprint density at radius 3 is 2.24 bits per heavy atom. The molecule has 1 heterocycles. The molecule has 0 unspecified atom stereocenters. The van der Waals surface area contributed by atoms with Crippen LogP contribution in [-0.2, 0) is 10.0 Å². The van der Waals surface area contributed by atoms with Crippen LogP contribution in [0.25, 0.3) is 0 Å². The molecule has 1 saturated carbocycles. The molecule has 0 aromatic heterocycles. The van der Waals surface area contributed by atoms with Gasteiger partial charge in [0.1, 0.15) is 5.75 Å². The normalized spacial score (nSPS) is 19.7. The van der Waals surface area contributed by atoms with E-state index < -0.39 is 10.0 Å². The number of nitrogens with zero attached hydrogens (tertiary/aromatic N) is 1. The largest absolute Gasteiger partial charge is 0.497 e. The van der Waals surface area contributed by atoms with Crippen LogP contribution < -0.4 is 4.74 Å². The summed E-state index contributed by atoms with van der Waals surface area (Å²) in [5, 5.41) is 0. The van der Waals surface area contributed by atoms with Crippen LogP contribution in [0, 0.1) is 6.92 Å². The highest BCUT2D eigenvalue weighted by Crippen LogP contribution is 2.37. The van der Waals surface area contributed by atoms with E-state index in [1.807, 2.05) is 6.92 Å². The summed E-state index contributed by atoms with van der Waals surface area (Å²) in [6, 6.07) is 5.22. The van der Waals surface area contributed by atoms with Gasteiger partial charge in [0.05, 0.1) is 12.0 Å². The lowest BCUT2D eigenvalue weighted by Crippen LogP contribution is -2.36. The van der Waals surface area contributed by atoms with Crippen LogP contribution in [0.4, 0.5) is 0 Å². The average molecular weight is 307 g/mol. The predicted molar refractivity (Wildman–Crippen MR) is 82.0 cm³/mol. The van der Waals surface area contributed by atoms with Gasteiger partial charge in [0.2, 0.25) is 10.0 Å². The highest BCUT2D eigenvalue weighted by molar-refractivity contribution is 7.89. The standard InChI is InChI=1S/C16H21NO3S/c1-12-3-6-15(20-2)11-16(12)21(18,19)17-9-7-14(8-10-17)13-4-5-13/h3,6,11H,4-5,7-10H2,1-2H3. The van der Waals surface area contributed by atoms with Crippen LogP contribution in [0.1, 0.15) is 31.2 Å². The molecule has 4 nitrogen and oxygen atoms in total. The molecule has 0 bridgehead atoms. The second-order valence-electron chi connectivity index (χ2n) is 5.74. The molecule has 0 amide bonds. The third kappa shape index (κ3) is 2.85. The number of allylic oxidation sites excluding steroid dienone is 1. The Kier molecular flexibility index (Phi) is 3.80. The number of sulfonamides is 1. The van der Waals surface area contributed by atoms with E-state index in [1.54, 1.807) is 35.2 Å². The molecule has 1 saturated heterocycles. The van der Waals surface area contributed by atoms with Crippen LogP contribution in [-0.4, -0.2) is 32.9 Å². The number of rotatable bonds is 3. The number of piperidine rings is 1. The zero-order chi connectivity index (χ0) is 15.0. The lowest BCUT2D eigenvalue weighted by Gasteiger charge is -2.28. The van der Waals surface area contributed by atoms with Crippen molar-refractivity contribution in [3.8, 4) is 5.75 Å². The monoisotopic (exact) mass is 307 g/mol. The number of hydrogen-bond acceptors (Lipinski definition) is 3. The van der Waals surface area contributed by atoms with E-state index >= 15 is 0 Å². The quantitative estimate of drug-likeness (QED) is 0.807. The first-order chi connectivity index (χ1) is 10.0. The van der Waals surface area contributed by atoms with Gasteiger partial charge in [0.25, 0.3) is 0 Å². The summed E-state index contributed by atoms with van der Waals surface area (Å²) in [7, 11) is -1.87. The Morgan fingerprint density at radius 2 is 1.67 bits per heavy atom. The Morgan fingerprint density at radius 1 is 1.05 bits per heavy atom. The third-order valence-electron chi connectivity index (χ3n) is 4.34. The Bertz CT molecular complexity index is 675. The first-order valence-electron chi connectivity index (χ1n) is 7.37. The Hall–Kier alpha value is -1.33. The fourth-order valence-electron chi connectivity index (χ4n) is 2.89. The second-order valence-corrected chi connectivity index (χ2v) is 7.65. The van der Waals surface area contributed by atoms with Crippen molar-refractivity contribution in [1.82, 2.24) is 4.31 Å². The van der Waals surface area contributed by atoms with Gasteiger partial charge >= 0.3 is 0 Å². The van der Waals surface area contributed by atoms with Crippen molar-refractivity contribution in [1.29, 1.82) is 0 Å². The second kappa shape index (κ2) is 5.46. The maximum Gasteiger partial charge on any atom is 0.243 e. The molecule has 3 rings (SSSR count). The zero-order valence-electron chi connectivity index (χ0n) is 12.6. The number of aryl methyl sites for hydroxylation is 1. The predicted octanol–water partition coefficient (Wildman–Crippen LogP) is 2.88. The van der Waals surface area contributed by atoms with Gasteiger partial charge in [-0.3, -0.25) is 0 Å². The fourth-order valence-corrected chi connectivity index (χ4v) is 4.57. The molecule has 0 N–H and O–H groups in total. The van der Waals surface area contributed by atoms with Gasteiger partial charge in [-0.1, -0.05) is 17.2 Å². The molecule has 114 valence electrons. The highest BCUT2D eigenvalue weighted by atomic mass is 32.2. The van der Waals surface area contributed by atoms with Crippen molar-refractivity contribution < 1.29 is 13.2 Å². The minimum Gasteiger partial charge on any atom is -0.497 e. The molecule has 1 aromatic rings. The first kappa shape index (κ1) is 14.6. The van der Waals surface area contributed by atoms with Crippen molar-refractivity contribution in [3.63, 3.8) is 0 Å². The summed E-state index contributed by atoms with van der Waals surface area (Å²) in [5.41, 5.74) is 3.82. The number of ether oxygens (including phenoxy) is 1. The van der Waals surface area contributed by atoms with Gasteiger partial charge in [0.15, 0.2) is 0 Å². The zero-order valence-corrected chi connectivity index (χ0v) is 13.4. The van der Waals surface area contributed by atoms with Crippen molar-refractivity contribution in [3.05, 3.63) is 34.9 Å². The van der Waals surface area contributed by atoms with Gasteiger partial charge in [-0.05, 0) is 44.2 Å². The van der Waals surface area contributed by atoms with Crippen LogP contribution >= 0.6 is 0 Å². The molecular weight excluding hydrogens is 286 g/mol. The molecule has 1 aromatic carbocycles. The van der Waals surface area contributed by atoms with Gasteiger partial charge in [-0.25, -0.2) is 8.42 Å². The summed E-state index contributed by atoms with van der Waals surface area (Å²) in [6.45, 7) is 3.02. The van der Waals surface area contributed by atoms with E-state index in [4.69, 9.17) is 4.74 Å². The summed E-state index contributed by atoms with van der Waals surface area (Å²) in [6.07, 6.45) is 4.21. The molecule has 2 aliphatic rings. The van der Waals surface area contributed by atoms with Crippen LogP contribution in [0.5, 0.6) is 5.75 Å². The first-order valence-corrected chi connectivity index (χ1v) is 8.81. The summed E-state index contributed by atoms with van der Waals surface area (Å²) in [4.78, 5) is 0.365. The molecular formula is C16H21NO3S. The fraction of sp³-hybridized carbons (Fsp3) is 0.500. The molecule has 0 atom stereocenters. The van der Waals surface area contributed by atoms with Crippen molar-refractivity contribution in [2.24, 2.45) is 0 Å². The van der Waals surface area contributed by atoms with E-state index in [0.29, 0.717) is 23.7 Å². The minimum atomic E-state index is -3.42. The minimum absolute atomic E-state index is 0.365. The van der Waals surface area contributed by atoms with Crippen LogP contribution in [0.15, 0.2) is 34.2 Å². The maximum atomic E-state index is 12.8. The highest BCUT2D eigenvalue weighted by Gasteiger charge is 2.30. The van der Waals surface area contributed by atoms with Gasteiger partial charge in [-0.15, -0.1) is 0 Å². The summed E-state index contributed by atoms with van der Waals surface area (Å²) in [5.74, 6) is 0.581. The van der Waals surface area contributed by atoms with E-state index in [9.17, 15) is 8.42 Å². The molecule has 0 radical (unpaired) electrons. The van der Waals surface area contributed by atoms with E-state index in [1.165, 1.54) is 18.4 Å². The Balaban J connectivity index is 1.85. The third-order valence-corrected chi connectivity index (χ3v) is 6.38. The van der Waals surface area contributed by atoms with Gasteiger partial charge in [-0.2, -0.15) is 4.31 Å². The van der Waals surface area contributed by atoms with Crippen molar-refractivity contribution in [2.75, 3.05) is 20.2 Å². The van der Waals surface area contributed by atoms with E-state index in [0.717, 1.165) is 18.4 Å². The van der Waals surface area contributed by atoms with Crippen LogP contribution in [0.3, 0.4) is 0 Å². The summed E-state index contributed by atoms with van der Waals surface area (Å²) >= 11 is 0. The van der Waals surface area contributed by atoms with E-state index in [2.05, 4.69) is 0 Å². The smallest absolute Gasteiger partial charge is 0.243 e. The molecule has 1 aliphatic heterocycles. The molecule has 5 heteroatoms. The SMILES string of the molecule is COc1ccc(C)c(S(=O)(=O)N2CCC(=C3CC3)CC2)c1. The molecule has 1 aliphatic carbocycles. The average Bonchev–Trinajstić information content (AvgIpc) is 3.32. The molecule has 21 heavy (non-hydrogen) atoms. The van der Waals surface area contributed by atoms with Crippen molar-refractivity contribution >= 4 is 10.0 Å². The van der Waals surface area contributed by atoms with Gasteiger partial charge in [0, 0.05) is 19.2 Å². The summed E-state index contributed by atoms with van der Waals surface area (Å²) < 4.78 is 32.4. The lowest BCUT2D eigenvalue weighted by molar-refractivity contribution is 0.384. The molecule has 0 spiro atoms. The lowest BCUT2D eigenvalue weighted by atomic mass is 10.1. The number of benzene rings is 1. The van der Waals surface area contributed by atoms with Crippen LogP contribution in [0.2, 0.25) is 0 Å². The Labute approximate surface area is 126 Å². The maximum absolute atomic E-state index is 12.8. The van der Waals surface area contributed by atoms with E-state index in [-0.39, 0.29) is 0 Å². The van der Waals surface area contributed by atoms with Crippen molar-refractivity contribution in [2.45, 2.75) is 37.5 Å². The number of hydrogen-bond donors (Lipinski definition) is 0.